The van der Waals surface area contributed by atoms with E-state index in [1.54, 1.807) is 12.1 Å². The Balaban J connectivity index is 2.03. The van der Waals surface area contributed by atoms with Crippen molar-refractivity contribution in [3.8, 4) is 10.4 Å². The number of aryl methyl sites for hydroxylation is 1. The number of anilines is 1. The molecule has 1 aromatic carbocycles. The van der Waals surface area contributed by atoms with Crippen molar-refractivity contribution in [1.29, 1.82) is 0 Å². The summed E-state index contributed by atoms with van der Waals surface area (Å²) in [7, 11) is -3.44. The molecule has 0 saturated heterocycles. The maximum absolute atomic E-state index is 12.1. The number of amides is 2. The third-order valence-corrected chi connectivity index (χ3v) is 7.14. The molecule has 7 nitrogen and oxygen atoms in total. The number of carbonyl (C=O) groups excluding carboxylic acids is 1. The second-order valence-corrected chi connectivity index (χ2v) is 10.0. The number of aromatic nitrogens is 1. The van der Waals surface area contributed by atoms with E-state index >= 15 is 0 Å². The normalized spacial score (nSPS) is 11.7. The predicted molar refractivity (Wildman–Crippen MR) is 120 cm³/mol. The van der Waals surface area contributed by atoms with Gasteiger partial charge in [-0.15, -0.1) is 0 Å². The number of hydrogen-bond donors (Lipinski definition) is 2. The van der Waals surface area contributed by atoms with Crippen LogP contribution in [0, 0.1) is 6.92 Å². The summed E-state index contributed by atoms with van der Waals surface area (Å²) < 4.78 is 23.8. The fourth-order valence-corrected chi connectivity index (χ4v) is 5.09. The van der Waals surface area contributed by atoms with Crippen LogP contribution in [-0.2, 0) is 9.84 Å². The standard InChI is InChI=1S/C19H27ClN4O3S2/c1-5-24(6-2)11-7-10-21-18(25)23-19-22-13(3)17(28-19)14-8-9-15(20)16(12-14)29(4,26)27/h8-9,12H,5-7,10-11H2,1-4H3,(H2,21,22,23,25). The smallest absolute Gasteiger partial charge is 0.321 e. The Hall–Kier alpha value is -1.68. The number of halogens is 1. The largest absolute Gasteiger partial charge is 0.338 e. The van der Waals surface area contributed by atoms with Gasteiger partial charge in [0.1, 0.15) is 0 Å². The minimum atomic E-state index is -3.44. The molecule has 0 aliphatic carbocycles. The Bertz CT molecular complexity index is 956. The quantitative estimate of drug-likeness (QED) is 0.553. The zero-order valence-corrected chi connectivity index (χ0v) is 19.5. The zero-order valence-electron chi connectivity index (χ0n) is 17.1. The molecule has 0 spiro atoms. The van der Waals surface area contributed by atoms with Gasteiger partial charge in [-0.1, -0.05) is 42.9 Å². The number of urea groups is 1. The molecule has 1 heterocycles. The van der Waals surface area contributed by atoms with Gasteiger partial charge in [-0.3, -0.25) is 5.32 Å². The highest BCUT2D eigenvalue weighted by atomic mass is 35.5. The van der Waals surface area contributed by atoms with Crippen LogP contribution in [0.4, 0.5) is 9.93 Å². The molecule has 0 saturated carbocycles. The van der Waals surface area contributed by atoms with Crippen molar-refractivity contribution in [3.63, 3.8) is 0 Å². The molecule has 0 atom stereocenters. The highest BCUT2D eigenvalue weighted by Gasteiger charge is 2.17. The molecular formula is C19H27ClN4O3S2. The number of nitrogens with one attached hydrogen (secondary N) is 2. The van der Waals surface area contributed by atoms with Gasteiger partial charge in [-0.25, -0.2) is 18.2 Å². The second-order valence-electron chi connectivity index (χ2n) is 6.61. The van der Waals surface area contributed by atoms with Crippen LogP contribution >= 0.6 is 22.9 Å². The maximum Gasteiger partial charge on any atom is 0.321 e. The van der Waals surface area contributed by atoms with Crippen LogP contribution in [0.2, 0.25) is 5.02 Å². The van der Waals surface area contributed by atoms with E-state index in [0.29, 0.717) is 22.9 Å². The van der Waals surface area contributed by atoms with Crippen LogP contribution in [0.15, 0.2) is 23.1 Å². The Morgan fingerprint density at radius 1 is 1.28 bits per heavy atom. The number of hydrogen-bond acceptors (Lipinski definition) is 6. The van der Waals surface area contributed by atoms with Crippen molar-refractivity contribution in [2.75, 3.05) is 37.8 Å². The zero-order chi connectivity index (χ0) is 21.6. The summed E-state index contributed by atoms with van der Waals surface area (Å²) in [5.74, 6) is 0. The van der Waals surface area contributed by atoms with Gasteiger partial charge in [0.2, 0.25) is 0 Å². The number of thiazole rings is 1. The van der Waals surface area contributed by atoms with E-state index in [4.69, 9.17) is 11.6 Å². The highest BCUT2D eigenvalue weighted by molar-refractivity contribution is 7.90. The van der Waals surface area contributed by atoms with Crippen molar-refractivity contribution < 1.29 is 13.2 Å². The van der Waals surface area contributed by atoms with Crippen LogP contribution in [-0.4, -0.2) is 56.8 Å². The fourth-order valence-electron chi connectivity index (χ4n) is 2.83. The van der Waals surface area contributed by atoms with Crippen LogP contribution < -0.4 is 10.6 Å². The summed E-state index contributed by atoms with van der Waals surface area (Å²) >= 11 is 7.31. The molecule has 10 heteroatoms. The lowest BCUT2D eigenvalue weighted by Gasteiger charge is -2.17. The van der Waals surface area contributed by atoms with Gasteiger partial charge >= 0.3 is 6.03 Å². The van der Waals surface area contributed by atoms with Crippen molar-refractivity contribution in [2.24, 2.45) is 0 Å². The summed E-state index contributed by atoms with van der Waals surface area (Å²) in [6, 6.07) is 4.53. The second kappa shape index (κ2) is 10.4. The van der Waals surface area contributed by atoms with Crippen molar-refractivity contribution in [3.05, 3.63) is 28.9 Å². The molecule has 29 heavy (non-hydrogen) atoms. The first-order chi connectivity index (χ1) is 13.7. The molecule has 0 fully saturated rings. The molecule has 2 rings (SSSR count). The number of sulfone groups is 1. The molecule has 0 aliphatic heterocycles. The third kappa shape index (κ3) is 6.67. The molecule has 0 bridgehead atoms. The van der Waals surface area contributed by atoms with E-state index in [0.717, 1.165) is 37.2 Å². The Morgan fingerprint density at radius 2 is 1.97 bits per heavy atom. The summed E-state index contributed by atoms with van der Waals surface area (Å²) in [5.41, 5.74) is 1.39. The fraction of sp³-hybridized carbons (Fsp3) is 0.474. The number of benzene rings is 1. The SMILES string of the molecule is CCN(CC)CCCNC(=O)Nc1nc(C)c(-c2ccc(Cl)c(S(C)(=O)=O)c2)s1. The van der Waals surface area contributed by atoms with Gasteiger partial charge in [-0.05, 0) is 50.7 Å². The van der Waals surface area contributed by atoms with Crippen LogP contribution in [0.3, 0.4) is 0 Å². The number of nitrogens with zero attached hydrogens (tertiary/aromatic N) is 2. The minimum Gasteiger partial charge on any atom is -0.338 e. The molecule has 2 N–H and O–H groups in total. The van der Waals surface area contributed by atoms with Gasteiger partial charge in [0, 0.05) is 12.8 Å². The summed E-state index contributed by atoms with van der Waals surface area (Å²) in [6.45, 7) is 9.55. The lowest BCUT2D eigenvalue weighted by Crippen LogP contribution is -2.32. The van der Waals surface area contributed by atoms with Crippen LogP contribution in [0.5, 0.6) is 0 Å². The monoisotopic (exact) mass is 458 g/mol. The van der Waals surface area contributed by atoms with Gasteiger partial charge in [0.25, 0.3) is 0 Å². The molecule has 2 amide bonds. The molecule has 0 unspecified atom stereocenters. The maximum atomic E-state index is 12.1. The molecule has 160 valence electrons. The summed E-state index contributed by atoms with van der Waals surface area (Å²) in [4.78, 5) is 19.7. The topological polar surface area (TPSA) is 91.4 Å². The highest BCUT2D eigenvalue weighted by Crippen LogP contribution is 2.35. The van der Waals surface area contributed by atoms with E-state index in [1.807, 2.05) is 6.92 Å². The minimum absolute atomic E-state index is 0.0740. The van der Waals surface area contributed by atoms with E-state index in [2.05, 4.69) is 34.4 Å². The van der Waals surface area contributed by atoms with Gasteiger partial charge in [0.15, 0.2) is 15.0 Å². The Kier molecular flexibility index (Phi) is 8.45. The number of carbonyl (C=O) groups is 1. The van der Waals surface area contributed by atoms with E-state index in [9.17, 15) is 13.2 Å². The average Bonchev–Trinajstić information content (AvgIpc) is 3.01. The van der Waals surface area contributed by atoms with Gasteiger partial charge in [0.05, 0.1) is 20.5 Å². The molecular weight excluding hydrogens is 432 g/mol. The summed E-state index contributed by atoms with van der Waals surface area (Å²) in [6.07, 6.45) is 1.99. The molecule has 2 aromatic rings. The van der Waals surface area contributed by atoms with Crippen LogP contribution in [0.25, 0.3) is 10.4 Å². The molecule has 0 aliphatic rings. The van der Waals surface area contributed by atoms with Gasteiger partial charge < -0.3 is 10.2 Å². The van der Waals surface area contributed by atoms with E-state index < -0.39 is 9.84 Å². The Labute approximate surface area is 181 Å². The van der Waals surface area contributed by atoms with Crippen molar-refractivity contribution >= 4 is 43.9 Å². The van der Waals surface area contributed by atoms with E-state index in [-0.39, 0.29) is 15.9 Å². The molecule has 0 radical (unpaired) electrons. The predicted octanol–water partition coefficient (Wildman–Crippen LogP) is 4.03. The van der Waals surface area contributed by atoms with Crippen molar-refractivity contribution in [2.45, 2.75) is 32.1 Å². The van der Waals surface area contributed by atoms with Crippen LogP contribution in [0.1, 0.15) is 26.0 Å². The van der Waals surface area contributed by atoms with Crippen molar-refractivity contribution in [1.82, 2.24) is 15.2 Å². The first-order valence-corrected chi connectivity index (χ1v) is 12.5. The van der Waals surface area contributed by atoms with E-state index in [1.165, 1.54) is 17.4 Å². The lowest BCUT2D eigenvalue weighted by molar-refractivity contribution is 0.250. The summed E-state index contributed by atoms with van der Waals surface area (Å²) in [5, 5.41) is 6.21. The lowest BCUT2D eigenvalue weighted by atomic mass is 10.2. The first-order valence-electron chi connectivity index (χ1n) is 9.40. The third-order valence-electron chi connectivity index (χ3n) is 4.44. The number of rotatable bonds is 9. The first kappa shape index (κ1) is 23.6. The van der Waals surface area contributed by atoms with Gasteiger partial charge in [-0.2, -0.15) is 0 Å². The Morgan fingerprint density at radius 3 is 2.59 bits per heavy atom. The average molecular weight is 459 g/mol. The molecule has 1 aromatic heterocycles.